The fourth-order valence-corrected chi connectivity index (χ4v) is 3.54. The summed E-state index contributed by atoms with van der Waals surface area (Å²) in [6.07, 6.45) is 11.2. The number of hydrogen-bond acceptors (Lipinski definition) is 1. The van der Waals surface area contributed by atoms with Gasteiger partial charge in [-0.25, -0.2) is 4.39 Å². The van der Waals surface area contributed by atoms with Crippen molar-refractivity contribution >= 4 is 22.0 Å². The van der Waals surface area contributed by atoms with Gasteiger partial charge < -0.3 is 5.32 Å². The molecule has 0 unspecified atom stereocenters. The van der Waals surface area contributed by atoms with Gasteiger partial charge in [-0.3, -0.25) is 0 Å². The van der Waals surface area contributed by atoms with E-state index in [1.54, 1.807) is 12.1 Å². The zero-order valence-electron chi connectivity index (χ0n) is 12.4. The molecule has 0 radical (unpaired) electrons. The Morgan fingerprint density at radius 1 is 1.19 bits per heavy atom. The second-order valence-electron chi connectivity index (χ2n) is 6.38. The van der Waals surface area contributed by atoms with Crippen molar-refractivity contribution in [1.29, 1.82) is 0 Å². The van der Waals surface area contributed by atoms with Crippen molar-refractivity contribution in [2.75, 3.05) is 6.54 Å². The summed E-state index contributed by atoms with van der Waals surface area (Å²) in [7, 11) is 0. The molecule has 0 aliphatic heterocycles. The lowest BCUT2D eigenvalue weighted by molar-refractivity contribution is 0.396. The zero-order chi connectivity index (χ0) is 14.7. The third-order valence-corrected chi connectivity index (χ3v) is 5.09. The molecule has 2 aliphatic carbocycles. The largest absolute Gasteiger partial charge is 0.310 e. The van der Waals surface area contributed by atoms with Crippen LogP contribution in [0.25, 0.3) is 6.08 Å². The standard InChI is InChI=1S/C18H23BrFN/c19-16-6-9-18(20)14(11-16)10-15(12-21-17-7-8-17)13-4-2-1-3-5-13/h6,9-11,13,17,21H,1-5,7-8,12H2/b15-10-. The van der Waals surface area contributed by atoms with Gasteiger partial charge in [-0.05, 0) is 49.8 Å². The minimum atomic E-state index is -0.127. The van der Waals surface area contributed by atoms with E-state index in [1.807, 2.05) is 6.07 Å². The summed E-state index contributed by atoms with van der Waals surface area (Å²) in [5.41, 5.74) is 2.10. The first-order valence-electron chi connectivity index (χ1n) is 8.11. The second kappa shape index (κ2) is 7.06. The lowest BCUT2D eigenvalue weighted by atomic mass is 9.83. The van der Waals surface area contributed by atoms with Crippen LogP contribution in [-0.4, -0.2) is 12.6 Å². The molecule has 3 rings (SSSR count). The van der Waals surface area contributed by atoms with Crippen LogP contribution in [0.1, 0.15) is 50.5 Å². The van der Waals surface area contributed by atoms with Gasteiger partial charge >= 0.3 is 0 Å². The fourth-order valence-electron chi connectivity index (χ4n) is 3.16. The average molecular weight is 352 g/mol. The Hall–Kier alpha value is -0.670. The second-order valence-corrected chi connectivity index (χ2v) is 7.29. The zero-order valence-corrected chi connectivity index (χ0v) is 14.0. The van der Waals surface area contributed by atoms with Gasteiger partial charge in [0.1, 0.15) is 5.82 Å². The number of hydrogen-bond donors (Lipinski definition) is 1. The summed E-state index contributed by atoms with van der Waals surface area (Å²) in [6, 6.07) is 5.89. The Kier molecular flexibility index (Phi) is 5.12. The highest BCUT2D eigenvalue weighted by Crippen LogP contribution is 2.32. The van der Waals surface area contributed by atoms with Crippen LogP contribution < -0.4 is 5.32 Å². The topological polar surface area (TPSA) is 12.0 Å². The van der Waals surface area contributed by atoms with E-state index in [-0.39, 0.29) is 5.82 Å². The maximum Gasteiger partial charge on any atom is 0.130 e. The molecule has 1 nitrogen and oxygen atoms in total. The summed E-state index contributed by atoms with van der Waals surface area (Å²) in [6.45, 7) is 0.918. The van der Waals surface area contributed by atoms with Crippen molar-refractivity contribution in [2.24, 2.45) is 5.92 Å². The molecular weight excluding hydrogens is 329 g/mol. The van der Waals surface area contributed by atoms with E-state index in [1.165, 1.54) is 50.5 Å². The Morgan fingerprint density at radius 3 is 2.67 bits per heavy atom. The van der Waals surface area contributed by atoms with Crippen molar-refractivity contribution in [3.8, 4) is 0 Å². The van der Waals surface area contributed by atoms with Crippen molar-refractivity contribution in [3.63, 3.8) is 0 Å². The molecule has 0 atom stereocenters. The molecule has 0 bridgehead atoms. The average Bonchev–Trinajstić information content (AvgIpc) is 3.32. The molecule has 0 aromatic heterocycles. The van der Waals surface area contributed by atoms with Gasteiger partial charge in [0.2, 0.25) is 0 Å². The molecule has 0 heterocycles. The van der Waals surface area contributed by atoms with E-state index in [4.69, 9.17) is 0 Å². The summed E-state index contributed by atoms with van der Waals surface area (Å²) >= 11 is 3.44. The first kappa shape index (κ1) is 15.2. The van der Waals surface area contributed by atoms with E-state index < -0.39 is 0 Å². The molecule has 1 aromatic carbocycles. The minimum Gasteiger partial charge on any atom is -0.310 e. The molecule has 2 aliphatic rings. The Bertz CT molecular complexity index is 516. The van der Waals surface area contributed by atoms with Crippen molar-refractivity contribution in [1.82, 2.24) is 5.32 Å². The van der Waals surface area contributed by atoms with Crippen LogP contribution in [0, 0.1) is 11.7 Å². The predicted octanol–water partition coefficient (Wildman–Crippen LogP) is 5.30. The molecule has 0 amide bonds. The van der Waals surface area contributed by atoms with Crippen LogP contribution >= 0.6 is 15.9 Å². The molecule has 21 heavy (non-hydrogen) atoms. The van der Waals surface area contributed by atoms with E-state index in [0.29, 0.717) is 17.5 Å². The molecular formula is C18H23BrFN. The third kappa shape index (κ3) is 4.40. The molecule has 3 heteroatoms. The maximum atomic E-state index is 14.0. The van der Waals surface area contributed by atoms with E-state index in [2.05, 4.69) is 27.3 Å². The Balaban J connectivity index is 1.80. The van der Waals surface area contributed by atoms with Crippen LogP contribution in [0.5, 0.6) is 0 Å². The number of nitrogens with one attached hydrogen (secondary N) is 1. The van der Waals surface area contributed by atoms with Crippen molar-refractivity contribution < 1.29 is 4.39 Å². The van der Waals surface area contributed by atoms with Gasteiger partial charge in [0.15, 0.2) is 0 Å². The third-order valence-electron chi connectivity index (χ3n) is 4.60. The molecule has 1 N–H and O–H groups in total. The van der Waals surface area contributed by atoms with Crippen molar-refractivity contribution in [3.05, 3.63) is 39.6 Å². The summed E-state index contributed by atoms with van der Waals surface area (Å²) in [5.74, 6) is 0.501. The lowest BCUT2D eigenvalue weighted by Crippen LogP contribution is -2.24. The number of benzene rings is 1. The monoisotopic (exact) mass is 351 g/mol. The van der Waals surface area contributed by atoms with Gasteiger partial charge in [-0.2, -0.15) is 0 Å². The summed E-state index contributed by atoms with van der Waals surface area (Å²) in [5, 5.41) is 3.61. The SMILES string of the molecule is Fc1ccc(Br)cc1/C=C(/CNC1CC1)C1CCCCC1. The van der Waals surface area contributed by atoms with Gasteiger partial charge in [0.25, 0.3) is 0 Å². The Morgan fingerprint density at radius 2 is 1.95 bits per heavy atom. The number of halogens is 2. The molecule has 0 spiro atoms. The fraction of sp³-hybridized carbons (Fsp3) is 0.556. The van der Waals surface area contributed by atoms with E-state index in [9.17, 15) is 4.39 Å². The minimum absolute atomic E-state index is 0.127. The molecule has 114 valence electrons. The molecule has 1 aromatic rings. The van der Waals surface area contributed by atoms with Gasteiger partial charge in [-0.1, -0.05) is 46.8 Å². The van der Waals surface area contributed by atoms with Crippen LogP contribution in [0.4, 0.5) is 4.39 Å². The van der Waals surface area contributed by atoms with Crippen LogP contribution in [0.15, 0.2) is 28.2 Å². The van der Waals surface area contributed by atoms with Gasteiger partial charge in [-0.15, -0.1) is 0 Å². The highest BCUT2D eigenvalue weighted by atomic mass is 79.9. The van der Waals surface area contributed by atoms with Crippen LogP contribution in [0.3, 0.4) is 0 Å². The van der Waals surface area contributed by atoms with E-state index >= 15 is 0 Å². The quantitative estimate of drug-likeness (QED) is 0.758. The van der Waals surface area contributed by atoms with Crippen LogP contribution in [-0.2, 0) is 0 Å². The maximum absolute atomic E-state index is 14.0. The summed E-state index contributed by atoms with van der Waals surface area (Å²) in [4.78, 5) is 0. The van der Waals surface area contributed by atoms with Crippen molar-refractivity contribution in [2.45, 2.75) is 51.0 Å². The first-order chi connectivity index (χ1) is 10.2. The van der Waals surface area contributed by atoms with Gasteiger partial charge in [0.05, 0.1) is 0 Å². The lowest BCUT2D eigenvalue weighted by Gasteiger charge is -2.25. The normalized spacial score (nSPS) is 20.8. The van der Waals surface area contributed by atoms with E-state index in [0.717, 1.165) is 11.0 Å². The Labute approximate surface area is 135 Å². The highest BCUT2D eigenvalue weighted by Gasteiger charge is 2.23. The molecule has 2 saturated carbocycles. The predicted molar refractivity (Wildman–Crippen MR) is 89.7 cm³/mol. The summed E-state index contributed by atoms with van der Waals surface area (Å²) < 4.78 is 15.0. The van der Waals surface area contributed by atoms with Crippen LogP contribution in [0.2, 0.25) is 0 Å². The van der Waals surface area contributed by atoms with Gasteiger partial charge in [0, 0.05) is 22.6 Å². The number of rotatable bonds is 5. The highest BCUT2D eigenvalue weighted by molar-refractivity contribution is 9.10. The molecule has 0 saturated heterocycles. The molecule has 2 fully saturated rings. The smallest absolute Gasteiger partial charge is 0.130 e. The first-order valence-corrected chi connectivity index (χ1v) is 8.90.